The molecule has 4 fully saturated rings. The second-order valence-corrected chi connectivity index (χ2v) is 6.78. The van der Waals surface area contributed by atoms with Gasteiger partial charge in [-0.1, -0.05) is 26.2 Å². The highest BCUT2D eigenvalue weighted by molar-refractivity contribution is 5.16. The lowest BCUT2D eigenvalue weighted by Gasteiger charge is -2.75. The van der Waals surface area contributed by atoms with E-state index in [9.17, 15) is 0 Å². The van der Waals surface area contributed by atoms with E-state index >= 15 is 0 Å². The minimum atomic E-state index is 1.15. The predicted molar refractivity (Wildman–Crippen MR) is 62.4 cm³/mol. The smallest absolute Gasteiger partial charge is 0.0315 e. The molecule has 0 saturated heterocycles. The third-order valence-corrected chi connectivity index (χ3v) is 6.57. The molecule has 0 nitrogen and oxygen atoms in total. The molecule has 0 aromatic rings. The predicted octanol–water partition coefficient (Wildman–Crippen LogP) is 4.10. The van der Waals surface area contributed by atoms with Gasteiger partial charge >= 0.3 is 0 Å². The van der Waals surface area contributed by atoms with Crippen molar-refractivity contribution in [2.45, 2.75) is 51.9 Å². The first kappa shape index (κ1) is 9.07. The summed E-state index contributed by atoms with van der Waals surface area (Å²) in [6.45, 7) is 2.38. The Balaban J connectivity index is 1.58. The van der Waals surface area contributed by atoms with Gasteiger partial charge in [0.1, 0.15) is 0 Å². The molecule has 4 aliphatic carbocycles. The van der Waals surface area contributed by atoms with Gasteiger partial charge in [0.15, 0.2) is 0 Å². The van der Waals surface area contributed by atoms with E-state index in [2.05, 4.69) is 6.92 Å². The third-order valence-electron chi connectivity index (χ3n) is 6.57. The highest BCUT2D eigenvalue weighted by Crippen LogP contribution is 2.74. The fourth-order valence-corrected chi connectivity index (χ4v) is 6.30. The van der Waals surface area contributed by atoms with E-state index in [1.807, 2.05) is 0 Å². The molecule has 0 radical (unpaired) electrons. The van der Waals surface area contributed by atoms with Crippen LogP contribution in [0.4, 0.5) is 0 Å². The maximum atomic E-state index is 2.38. The topological polar surface area (TPSA) is 0 Å². The Morgan fingerprint density at radius 1 is 0.800 bits per heavy atom. The molecule has 7 atom stereocenters. The van der Waals surface area contributed by atoms with E-state index in [1.165, 1.54) is 41.9 Å². The van der Waals surface area contributed by atoms with Gasteiger partial charge in [0.05, 0.1) is 0 Å². The van der Waals surface area contributed by atoms with Gasteiger partial charge in [0.25, 0.3) is 0 Å². The highest BCUT2D eigenvalue weighted by Gasteiger charge is 2.68. The normalized spacial score (nSPS) is 60.2. The van der Waals surface area contributed by atoms with E-state index < -0.39 is 0 Å². The van der Waals surface area contributed by atoms with E-state index in [1.54, 1.807) is 38.5 Å². The van der Waals surface area contributed by atoms with Crippen molar-refractivity contribution < 1.29 is 0 Å². The molecule has 7 unspecified atom stereocenters. The quantitative estimate of drug-likeness (QED) is 0.635. The Bertz CT molecular complexity index is 251. The summed E-state index contributed by atoms with van der Waals surface area (Å²) in [5.41, 5.74) is 0. The Morgan fingerprint density at radius 2 is 1.60 bits per heavy atom. The molecular weight excluding hydrogens is 180 g/mol. The molecule has 0 bridgehead atoms. The summed E-state index contributed by atoms with van der Waals surface area (Å²) >= 11 is 0. The molecule has 4 saturated carbocycles. The zero-order valence-corrected chi connectivity index (χ0v) is 9.99. The summed E-state index contributed by atoms with van der Waals surface area (Å²) in [6, 6.07) is 0. The average Bonchev–Trinajstić information content (AvgIpc) is 2.20. The van der Waals surface area contributed by atoms with Crippen LogP contribution < -0.4 is 0 Å². The fourth-order valence-electron chi connectivity index (χ4n) is 6.30. The number of hydrogen-bond acceptors (Lipinski definition) is 0. The SMILES string of the molecule is CCCC1CCC2C3CCCC4C1C2C34. The minimum Gasteiger partial charge on any atom is -0.0654 e. The molecule has 0 heteroatoms. The lowest BCUT2D eigenvalue weighted by Crippen LogP contribution is -2.69. The van der Waals surface area contributed by atoms with Gasteiger partial charge < -0.3 is 0 Å². The molecule has 0 N–H and O–H groups in total. The number of rotatable bonds is 2. The molecule has 0 aromatic heterocycles. The van der Waals surface area contributed by atoms with Gasteiger partial charge in [-0.05, 0) is 67.1 Å². The van der Waals surface area contributed by atoms with Crippen molar-refractivity contribution in [1.29, 1.82) is 0 Å². The number of hydrogen-bond donors (Lipinski definition) is 0. The van der Waals surface area contributed by atoms with Crippen LogP contribution in [-0.4, -0.2) is 0 Å². The first-order valence-corrected chi connectivity index (χ1v) is 7.42. The summed E-state index contributed by atoms with van der Waals surface area (Å²) < 4.78 is 0. The van der Waals surface area contributed by atoms with Gasteiger partial charge in [-0.3, -0.25) is 0 Å². The van der Waals surface area contributed by atoms with Crippen molar-refractivity contribution in [3.63, 3.8) is 0 Å². The second-order valence-electron chi connectivity index (χ2n) is 6.78. The maximum Gasteiger partial charge on any atom is -0.0315 e. The molecule has 4 aliphatic rings. The molecule has 0 aliphatic heterocycles. The van der Waals surface area contributed by atoms with Gasteiger partial charge in [-0.15, -0.1) is 0 Å². The van der Waals surface area contributed by atoms with E-state index in [0.29, 0.717) is 0 Å². The first-order chi connectivity index (χ1) is 7.42. The van der Waals surface area contributed by atoms with Crippen LogP contribution in [0, 0.1) is 41.4 Å². The maximum absolute atomic E-state index is 2.38. The van der Waals surface area contributed by atoms with Gasteiger partial charge in [-0.2, -0.15) is 0 Å². The summed E-state index contributed by atoms with van der Waals surface area (Å²) in [4.78, 5) is 0. The average molecular weight is 204 g/mol. The third kappa shape index (κ3) is 0.953. The van der Waals surface area contributed by atoms with Crippen LogP contribution in [0.2, 0.25) is 0 Å². The van der Waals surface area contributed by atoms with Gasteiger partial charge in [-0.25, -0.2) is 0 Å². The molecule has 0 amide bonds. The molecule has 84 valence electrons. The Hall–Kier alpha value is 0. The highest BCUT2D eigenvalue weighted by atomic mass is 14.7. The van der Waals surface area contributed by atoms with Crippen LogP contribution in [0.3, 0.4) is 0 Å². The van der Waals surface area contributed by atoms with Gasteiger partial charge in [0.2, 0.25) is 0 Å². The molecule has 0 spiro atoms. The molecule has 0 aromatic carbocycles. The van der Waals surface area contributed by atoms with Crippen molar-refractivity contribution in [3.8, 4) is 0 Å². The monoisotopic (exact) mass is 204 g/mol. The fraction of sp³-hybridized carbons (Fsp3) is 1.00. The molecule has 4 rings (SSSR count). The van der Waals surface area contributed by atoms with Crippen molar-refractivity contribution >= 4 is 0 Å². The lowest BCUT2D eigenvalue weighted by atomic mass is 9.30. The van der Waals surface area contributed by atoms with Crippen molar-refractivity contribution in [3.05, 3.63) is 0 Å². The van der Waals surface area contributed by atoms with Crippen LogP contribution in [0.15, 0.2) is 0 Å². The van der Waals surface area contributed by atoms with E-state index in [-0.39, 0.29) is 0 Å². The standard InChI is InChI=1S/C15H24/c1-2-4-9-7-8-11-10-5-3-6-12-13(9)15(11)14(10)12/h9-15H,2-8H2,1H3. The zero-order chi connectivity index (χ0) is 9.99. The van der Waals surface area contributed by atoms with E-state index in [4.69, 9.17) is 0 Å². The second kappa shape index (κ2) is 3.02. The van der Waals surface area contributed by atoms with Crippen LogP contribution in [0.5, 0.6) is 0 Å². The largest absolute Gasteiger partial charge is 0.0654 e. The number of fused-ring (bicyclic) bond motifs is 2. The molecule has 0 heterocycles. The first-order valence-electron chi connectivity index (χ1n) is 7.42. The Morgan fingerprint density at radius 3 is 2.47 bits per heavy atom. The van der Waals surface area contributed by atoms with Gasteiger partial charge in [0, 0.05) is 0 Å². The van der Waals surface area contributed by atoms with Crippen LogP contribution in [0.1, 0.15) is 51.9 Å². The van der Waals surface area contributed by atoms with E-state index in [0.717, 1.165) is 5.92 Å². The van der Waals surface area contributed by atoms with Crippen molar-refractivity contribution in [1.82, 2.24) is 0 Å². The zero-order valence-electron chi connectivity index (χ0n) is 9.99. The summed E-state index contributed by atoms with van der Waals surface area (Å²) in [7, 11) is 0. The lowest BCUT2D eigenvalue weighted by molar-refractivity contribution is -0.267. The molecular formula is C15H24. The molecule has 15 heavy (non-hydrogen) atoms. The summed E-state index contributed by atoms with van der Waals surface area (Å²) in [6.07, 6.45) is 11.0. The summed E-state index contributed by atoms with van der Waals surface area (Å²) in [5.74, 6) is 8.49. The Kier molecular flexibility index (Phi) is 1.83. The van der Waals surface area contributed by atoms with Crippen molar-refractivity contribution in [2.24, 2.45) is 41.4 Å². The Labute approximate surface area is 93.8 Å². The van der Waals surface area contributed by atoms with Crippen LogP contribution >= 0.6 is 0 Å². The van der Waals surface area contributed by atoms with Crippen LogP contribution in [-0.2, 0) is 0 Å². The minimum absolute atomic E-state index is 1.15. The van der Waals surface area contributed by atoms with Crippen molar-refractivity contribution in [2.75, 3.05) is 0 Å². The van der Waals surface area contributed by atoms with Crippen LogP contribution in [0.25, 0.3) is 0 Å². The summed E-state index contributed by atoms with van der Waals surface area (Å²) in [5, 5.41) is 0.